The molecule has 19 heavy (non-hydrogen) atoms. The van der Waals surface area contributed by atoms with Gasteiger partial charge in [0.05, 0.1) is 0 Å². The fraction of sp³-hybridized carbons (Fsp3) is 0.333. The van der Waals surface area contributed by atoms with Crippen LogP contribution in [0.4, 0.5) is 5.69 Å². The average Bonchev–Trinajstić information content (AvgIpc) is 3.22. The second kappa shape index (κ2) is 5.69. The monoisotopic (exact) mass is 259 g/mol. The van der Waals surface area contributed by atoms with E-state index in [0.29, 0.717) is 5.92 Å². The van der Waals surface area contributed by atoms with Crippen LogP contribution in [-0.2, 0) is 9.59 Å². The lowest BCUT2D eigenvalue weighted by molar-refractivity contribution is -0.131. The third-order valence-corrected chi connectivity index (χ3v) is 3.35. The molecule has 0 bridgehead atoms. The minimum atomic E-state index is -1.11. The number of hydrogen-bond donors (Lipinski definition) is 1. The Morgan fingerprint density at radius 3 is 2.42 bits per heavy atom. The summed E-state index contributed by atoms with van der Waals surface area (Å²) in [6.45, 7) is 2.01. The van der Waals surface area contributed by atoms with Crippen LogP contribution >= 0.6 is 0 Å². The second-order valence-corrected chi connectivity index (χ2v) is 4.79. The summed E-state index contributed by atoms with van der Waals surface area (Å²) >= 11 is 0. The lowest BCUT2D eigenvalue weighted by Gasteiger charge is -2.28. The first-order valence-electron chi connectivity index (χ1n) is 6.39. The van der Waals surface area contributed by atoms with Crippen molar-refractivity contribution in [3.05, 3.63) is 42.5 Å². The van der Waals surface area contributed by atoms with Crippen molar-refractivity contribution in [2.45, 2.75) is 25.8 Å². The maximum Gasteiger partial charge on any atom is 0.328 e. The van der Waals surface area contributed by atoms with Crippen LogP contribution in [0.15, 0.2) is 42.5 Å². The van der Waals surface area contributed by atoms with Gasteiger partial charge in [0.15, 0.2) is 0 Å². The van der Waals surface area contributed by atoms with Gasteiger partial charge in [-0.15, -0.1) is 0 Å². The van der Waals surface area contributed by atoms with E-state index in [9.17, 15) is 9.59 Å². The Kier molecular flexibility index (Phi) is 4.00. The Balaban J connectivity index is 2.23. The molecule has 100 valence electrons. The molecule has 4 heteroatoms. The van der Waals surface area contributed by atoms with Gasteiger partial charge >= 0.3 is 5.97 Å². The Morgan fingerprint density at radius 2 is 1.89 bits per heavy atom. The highest BCUT2D eigenvalue weighted by Gasteiger charge is 2.34. The number of benzene rings is 1. The highest BCUT2D eigenvalue weighted by molar-refractivity contribution is 6.04. The normalized spacial score (nSPS) is 16.3. The van der Waals surface area contributed by atoms with Crippen molar-refractivity contribution in [3.63, 3.8) is 0 Å². The van der Waals surface area contributed by atoms with Crippen LogP contribution in [-0.4, -0.2) is 23.0 Å². The van der Waals surface area contributed by atoms with Crippen LogP contribution in [0, 0.1) is 5.92 Å². The zero-order chi connectivity index (χ0) is 13.8. The van der Waals surface area contributed by atoms with Gasteiger partial charge in [0.25, 0.3) is 5.91 Å². The second-order valence-electron chi connectivity index (χ2n) is 4.79. The van der Waals surface area contributed by atoms with E-state index in [1.165, 1.54) is 0 Å². The summed E-state index contributed by atoms with van der Waals surface area (Å²) in [6, 6.07) is 9.46. The molecule has 0 radical (unpaired) electrons. The van der Waals surface area contributed by atoms with Crippen molar-refractivity contribution in [1.82, 2.24) is 0 Å². The minimum absolute atomic E-state index is 0.0911. The molecule has 2 rings (SSSR count). The zero-order valence-electron chi connectivity index (χ0n) is 10.8. The molecule has 0 aliphatic heterocycles. The van der Waals surface area contributed by atoms with E-state index < -0.39 is 5.97 Å². The highest BCUT2D eigenvalue weighted by atomic mass is 16.4. The van der Waals surface area contributed by atoms with E-state index in [1.54, 1.807) is 4.90 Å². The summed E-state index contributed by atoms with van der Waals surface area (Å²) in [4.78, 5) is 24.4. The van der Waals surface area contributed by atoms with Gasteiger partial charge in [0, 0.05) is 23.9 Å². The first kappa shape index (κ1) is 13.3. The van der Waals surface area contributed by atoms with Gasteiger partial charge in [-0.2, -0.15) is 0 Å². The smallest absolute Gasteiger partial charge is 0.328 e. The molecule has 1 aromatic carbocycles. The summed E-state index contributed by atoms with van der Waals surface area (Å²) in [5.74, 6) is -0.879. The zero-order valence-corrected chi connectivity index (χ0v) is 10.8. The molecular formula is C15H17NO3. The van der Waals surface area contributed by atoms with Crippen LogP contribution in [0.3, 0.4) is 0 Å². The topological polar surface area (TPSA) is 57.6 Å². The van der Waals surface area contributed by atoms with Crippen LogP contribution in [0.1, 0.15) is 19.8 Å². The number of hydrogen-bond acceptors (Lipinski definition) is 2. The fourth-order valence-electron chi connectivity index (χ4n) is 2.16. The Morgan fingerprint density at radius 1 is 1.26 bits per heavy atom. The van der Waals surface area contributed by atoms with E-state index in [2.05, 4.69) is 0 Å². The van der Waals surface area contributed by atoms with Gasteiger partial charge in [-0.1, -0.05) is 18.2 Å². The number of rotatable bonds is 5. The van der Waals surface area contributed by atoms with Crippen LogP contribution in [0.5, 0.6) is 0 Å². The van der Waals surface area contributed by atoms with Crippen molar-refractivity contribution in [1.29, 1.82) is 0 Å². The third-order valence-electron chi connectivity index (χ3n) is 3.35. The summed E-state index contributed by atoms with van der Waals surface area (Å²) in [6.07, 6.45) is 4.26. The van der Waals surface area contributed by atoms with E-state index >= 15 is 0 Å². The fourth-order valence-corrected chi connectivity index (χ4v) is 2.16. The standard InChI is InChI=1S/C15H17NO3/c1-11(12-7-8-12)16(13-5-3-2-4-6-13)14(17)9-10-15(18)19/h2-6,9-12H,7-8H2,1H3,(H,18,19)/b10-9+/t11-/m0/s1. The predicted octanol–water partition coefficient (Wildman–Crippen LogP) is 2.46. The van der Waals surface area contributed by atoms with Crippen molar-refractivity contribution in [3.8, 4) is 0 Å². The maximum atomic E-state index is 12.2. The molecule has 4 nitrogen and oxygen atoms in total. The SMILES string of the molecule is C[C@@H](C1CC1)N(C(=O)/C=C/C(=O)O)c1ccccc1. The van der Waals surface area contributed by atoms with E-state index in [1.807, 2.05) is 37.3 Å². The molecule has 1 amide bonds. The molecular weight excluding hydrogens is 242 g/mol. The van der Waals surface area contributed by atoms with Gasteiger partial charge in [-0.05, 0) is 37.8 Å². The number of carbonyl (C=O) groups excluding carboxylic acids is 1. The number of aliphatic carboxylic acids is 1. The molecule has 1 N–H and O–H groups in total. The number of carboxylic acids is 1. The number of para-hydroxylation sites is 1. The molecule has 1 saturated carbocycles. The van der Waals surface area contributed by atoms with Gasteiger partial charge in [0.1, 0.15) is 0 Å². The quantitative estimate of drug-likeness (QED) is 0.826. The summed E-state index contributed by atoms with van der Waals surface area (Å²) in [7, 11) is 0. The number of anilines is 1. The summed E-state index contributed by atoms with van der Waals surface area (Å²) in [5, 5.41) is 8.62. The van der Waals surface area contributed by atoms with Crippen molar-refractivity contribution in [2.24, 2.45) is 5.92 Å². The van der Waals surface area contributed by atoms with Gasteiger partial charge in [-0.25, -0.2) is 4.79 Å². The Hall–Kier alpha value is -2.10. The molecule has 1 fully saturated rings. The highest BCUT2D eigenvalue weighted by Crippen LogP contribution is 2.37. The summed E-state index contributed by atoms with van der Waals surface area (Å²) in [5.41, 5.74) is 0.807. The molecule has 0 spiro atoms. The predicted molar refractivity (Wildman–Crippen MR) is 72.9 cm³/mol. The molecule has 0 aromatic heterocycles. The molecule has 1 aromatic rings. The lowest BCUT2D eigenvalue weighted by atomic mass is 10.1. The lowest BCUT2D eigenvalue weighted by Crippen LogP contribution is -2.39. The first-order chi connectivity index (χ1) is 9.09. The largest absolute Gasteiger partial charge is 0.478 e. The van der Waals surface area contributed by atoms with Crippen molar-refractivity contribution < 1.29 is 14.7 Å². The van der Waals surface area contributed by atoms with E-state index in [-0.39, 0.29) is 11.9 Å². The van der Waals surface area contributed by atoms with Crippen molar-refractivity contribution in [2.75, 3.05) is 4.90 Å². The Bertz CT molecular complexity index is 491. The third kappa shape index (κ3) is 3.44. The van der Waals surface area contributed by atoms with E-state index in [0.717, 1.165) is 30.7 Å². The van der Waals surface area contributed by atoms with Crippen LogP contribution in [0.25, 0.3) is 0 Å². The summed E-state index contributed by atoms with van der Waals surface area (Å²) < 4.78 is 0. The number of carbonyl (C=O) groups is 2. The minimum Gasteiger partial charge on any atom is -0.478 e. The molecule has 0 heterocycles. The van der Waals surface area contributed by atoms with Crippen LogP contribution in [0.2, 0.25) is 0 Å². The number of amides is 1. The Labute approximate surface area is 112 Å². The molecule has 0 unspecified atom stereocenters. The number of nitrogens with zero attached hydrogens (tertiary/aromatic N) is 1. The molecule has 1 atom stereocenters. The van der Waals surface area contributed by atoms with Gasteiger partial charge < -0.3 is 10.0 Å². The first-order valence-corrected chi connectivity index (χ1v) is 6.39. The number of carboxylic acid groups (broad SMARTS) is 1. The molecule has 0 saturated heterocycles. The maximum absolute atomic E-state index is 12.2. The van der Waals surface area contributed by atoms with Gasteiger partial charge in [0.2, 0.25) is 0 Å². The van der Waals surface area contributed by atoms with Gasteiger partial charge in [-0.3, -0.25) is 4.79 Å². The van der Waals surface area contributed by atoms with Crippen molar-refractivity contribution >= 4 is 17.6 Å². The van der Waals surface area contributed by atoms with E-state index in [4.69, 9.17) is 5.11 Å². The molecule has 1 aliphatic carbocycles. The van der Waals surface area contributed by atoms with Crippen LogP contribution < -0.4 is 4.90 Å². The molecule has 1 aliphatic rings. The average molecular weight is 259 g/mol.